The van der Waals surface area contributed by atoms with E-state index in [1.165, 1.54) is 17.7 Å². The van der Waals surface area contributed by atoms with E-state index in [0.717, 1.165) is 24.8 Å². The zero-order chi connectivity index (χ0) is 17.7. The van der Waals surface area contributed by atoms with Crippen molar-refractivity contribution in [1.29, 1.82) is 0 Å². The fourth-order valence-corrected chi connectivity index (χ4v) is 4.73. The van der Waals surface area contributed by atoms with Gasteiger partial charge in [-0.3, -0.25) is 4.79 Å². The van der Waals surface area contributed by atoms with Crippen molar-refractivity contribution in [3.05, 3.63) is 16.0 Å². The third-order valence-corrected chi connectivity index (χ3v) is 5.56. The Balaban J connectivity index is 2.28. The van der Waals surface area contributed by atoms with Gasteiger partial charge in [0.1, 0.15) is 5.00 Å². The van der Waals surface area contributed by atoms with Gasteiger partial charge in [0, 0.05) is 11.3 Å². The van der Waals surface area contributed by atoms with Gasteiger partial charge in [0.05, 0.1) is 12.2 Å². The third-order valence-electron chi connectivity index (χ3n) is 4.39. The second-order valence-electron chi connectivity index (χ2n) is 6.97. The molecule has 0 bridgehead atoms. The smallest absolute Gasteiger partial charge is 0.341 e. The van der Waals surface area contributed by atoms with E-state index < -0.39 is 0 Å². The monoisotopic (exact) mass is 351 g/mol. The Labute approximate surface area is 149 Å². The number of hydrogen-bond donors (Lipinski definition) is 1. The number of carbonyl (C=O) groups is 2. The van der Waals surface area contributed by atoms with Crippen LogP contribution in [0.2, 0.25) is 0 Å². The fourth-order valence-electron chi connectivity index (χ4n) is 3.36. The van der Waals surface area contributed by atoms with Crippen molar-refractivity contribution in [2.45, 2.75) is 66.2 Å². The maximum atomic E-state index is 12.4. The van der Waals surface area contributed by atoms with Gasteiger partial charge in [-0.2, -0.15) is 0 Å². The number of carbonyl (C=O) groups excluding carboxylic acids is 2. The minimum atomic E-state index is -0.302. The number of esters is 1. The average Bonchev–Trinajstić information content (AvgIpc) is 2.83. The highest BCUT2D eigenvalue weighted by atomic mass is 32.1. The van der Waals surface area contributed by atoms with Crippen LogP contribution in [0.25, 0.3) is 0 Å². The van der Waals surface area contributed by atoms with Gasteiger partial charge in [-0.05, 0) is 43.6 Å². The SMILES string of the molecule is CCCC1CCc2c(sc(NC(=O)CC(C)C)c2C(=O)OCC)C1. The van der Waals surface area contributed by atoms with Gasteiger partial charge in [0.2, 0.25) is 5.91 Å². The molecule has 0 radical (unpaired) electrons. The lowest BCUT2D eigenvalue weighted by Gasteiger charge is -2.21. The van der Waals surface area contributed by atoms with Crippen LogP contribution in [0, 0.1) is 11.8 Å². The number of fused-ring (bicyclic) bond motifs is 1. The minimum absolute atomic E-state index is 0.0285. The number of anilines is 1. The number of nitrogens with one attached hydrogen (secondary N) is 1. The van der Waals surface area contributed by atoms with Gasteiger partial charge in [-0.15, -0.1) is 11.3 Å². The molecule has 0 aliphatic heterocycles. The Morgan fingerprint density at radius 2 is 2.08 bits per heavy atom. The quantitative estimate of drug-likeness (QED) is 0.717. The Morgan fingerprint density at radius 1 is 1.33 bits per heavy atom. The molecule has 1 aromatic heterocycles. The van der Waals surface area contributed by atoms with Gasteiger partial charge in [0.25, 0.3) is 0 Å². The summed E-state index contributed by atoms with van der Waals surface area (Å²) in [7, 11) is 0. The van der Waals surface area contributed by atoms with Gasteiger partial charge >= 0.3 is 5.97 Å². The van der Waals surface area contributed by atoms with E-state index in [1.807, 2.05) is 20.8 Å². The van der Waals surface area contributed by atoms with Crippen molar-refractivity contribution in [1.82, 2.24) is 0 Å². The number of rotatable bonds is 7. The minimum Gasteiger partial charge on any atom is -0.462 e. The van der Waals surface area contributed by atoms with Crippen LogP contribution in [0.1, 0.15) is 74.2 Å². The molecule has 1 unspecified atom stereocenters. The highest BCUT2D eigenvalue weighted by Gasteiger charge is 2.30. The summed E-state index contributed by atoms with van der Waals surface area (Å²) >= 11 is 1.57. The summed E-state index contributed by atoms with van der Waals surface area (Å²) in [6.07, 6.45) is 5.91. The van der Waals surface area contributed by atoms with Crippen LogP contribution in [-0.4, -0.2) is 18.5 Å². The van der Waals surface area contributed by atoms with Crippen LogP contribution in [-0.2, 0) is 22.4 Å². The Bertz CT molecular complexity index is 592. The Morgan fingerprint density at radius 3 is 2.71 bits per heavy atom. The molecule has 0 saturated heterocycles. The van der Waals surface area contributed by atoms with E-state index in [4.69, 9.17) is 4.74 Å². The number of ether oxygens (including phenoxy) is 1. The van der Waals surface area contributed by atoms with Gasteiger partial charge in [-0.25, -0.2) is 4.79 Å². The molecule has 1 N–H and O–H groups in total. The van der Waals surface area contributed by atoms with E-state index >= 15 is 0 Å². The van der Waals surface area contributed by atoms with Crippen LogP contribution in [0.15, 0.2) is 0 Å². The summed E-state index contributed by atoms with van der Waals surface area (Å²) < 4.78 is 5.25. The van der Waals surface area contributed by atoms with E-state index in [1.54, 1.807) is 11.3 Å². The van der Waals surface area contributed by atoms with Gasteiger partial charge in [-0.1, -0.05) is 33.6 Å². The molecule has 1 aliphatic carbocycles. The Kier molecular flexibility index (Phi) is 6.84. The first kappa shape index (κ1) is 19.0. The van der Waals surface area contributed by atoms with Crippen LogP contribution in [0.4, 0.5) is 5.00 Å². The lowest BCUT2D eigenvalue weighted by atomic mass is 9.84. The molecule has 1 aromatic rings. The maximum Gasteiger partial charge on any atom is 0.341 e. The molecule has 134 valence electrons. The molecule has 0 spiro atoms. The van der Waals surface area contributed by atoms with Gasteiger partial charge < -0.3 is 10.1 Å². The van der Waals surface area contributed by atoms with E-state index in [9.17, 15) is 9.59 Å². The lowest BCUT2D eigenvalue weighted by Crippen LogP contribution is -2.18. The highest BCUT2D eigenvalue weighted by molar-refractivity contribution is 7.17. The highest BCUT2D eigenvalue weighted by Crippen LogP contribution is 2.41. The number of amides is 1. The average molecular weight is 352 g/mol. The molecular formula is C19H29NO3S. The first-order valence-corrected chi connectivity index (χ1v) is 9.89. The van der Waals surface area contributed by atoms with Crippen molar-refractivity contribution >= 4 is 28.2 Å². The largest absolute Gasteiger partial charge is 0.462 e. The van der Waals surface area contributed by atoms with Gasteiger partial charge in [0.15, 0.2) is 0 Å². The fraction of sp³-hybridized carbons (Fsp3) is 0.684. The van der Waals surface area contributed by atoms with Crippen molar-refractivity contribution in [3.63, 3.8) is 0 Å². The topological polar surface area (TPSA) is 55.4 Å². The second-order valence-corrected chi connectivity index (χ2v) is 8.08. The summed E-state index contributed by atoms with van der Waals surface area (Å²) in [5, 5.41) is 3.65. The first-order chi connectivity index (χ1) is 11.5. The summed E-state index contributed by atoms with van der Waals surface area (Å²) in [6.45, 7) is 8.40. The van der Waals surface area contributed by atoms with Crippen LogP contribution < -0.4 is 5.32 Å². The lowest BCUT2D eigenvalue weighted by molar-refractivity contribution is -0.116. The number of hydrogen-bond acceptors (Lipinski definition) is 4. The molecule has 0 aromatic carbocycles. The molecule has 2 rings (SSSR count). The predicted octanol–water partition coefficient (Wildman–Crippen LogP) is 4.81. The van der Waals surface area contributed by atoms with Crippen molar-refractivity contribution < 1.29 is 14.3 Å². The molecule has 1 atom stereocenters. The normalized spacial score (nSPS) is 16.8. The summed E-state index contributed by atoms with van der Waals surface area (Å²) in [5.74, 6) is 0.651. The van der Waals surface area contributed by atoms with E-state index in [-0.39, 0.29) is 11.9 Å². The van der Waals surface area contributed by atoms with Crippen LogP contribution >= 0.6 is 11.3 Å². The molecule has 5 heteroatoms. The predicted molar refractivity (Wildman–Crippen MR) is 98.8 cm³/mol. The van der Waals surface area contributed by atoms with E-state index in [2.05, 4.69) is 12.2 Å². The molecule has 24 heavy (non-hydrogen) atoms. The molecule has 1 amide bonds. The molecule has 0 saturated carbocycles. The molecule has 1 heterocycles. The molecule has 4 nitrogen and oxygen atoms in total. The molecule has 1 aliphatic rings. The van der Waals surface area contributed by atoms with Crippen molar-refractivity contribution in [2.24, 2.45) is 11.8 Å². The standard InChI is InChI=1S/C19H29NO3S/c1-5-7-13-8-9-14-15(11-13)24-18(17(14)19(22)23-6-2)20-16(21)10-12(3)4/h12-13H,5-11H2,1-4H3,(H,20,21). The zero-order valence-electron chi connectivity index (χ0n) is 15.2. The van der Waals surface area contributed by atoms with Crippen LogP contribution in [0.3, 0.4) is 0 Å². The zero-order valence-corrected chi connectivity index (χ0v) is 16.1. The Hall–Kier alpha value is -1.36. The maximum absolute atomic E-state index is 12.4. The third kappa shape index (κ3) is 4.59. The first-order valence-electron chi connectivity index (χ1n) is 9.07. The van der Waals surface area contributed by atoms with Crippen molar-refractivity contribution in [3.8, 4) is 0 Å². The molecular weight excluding hydrogens is 322 g/mol. The summed E-state index contributed by atoms with van der Waals surface area (Å²) in [5.41, 5.74) is 1.70. The van der Waals surface area contributed by atoms with Crippen LogP contribution in [0.5, 0.6) is 0 Å². The molecule has 0 fully saturated rings. The summed E-state index contributed by atoms with van der Waals surface area (Å²) in [4.78, 5) is 25.9. The second kappa shape index (κ2) is 8.65. The van der Waals surface area contributed by atoms with E-state index in [0.29, 0.717) is 35.4 Å². The summed E-state index contributed by atoms with van der Waals surface area (Å²) in [6, 6.07) is 0. The van der Waals surface area contributed by atoms with Crippen molar-refractivity contribution in [2.75, 3.05) is 11.9 Å². The number of thiophene rings is 1.